The Labute approximate surface area is 104 Å². The summed E-state index contributed by atoms with van der Waals surface area (Å²) in [5.41, 5.74) is 1.20. The molecule has 0 radical (unpaired) electrons. The van der Waals surface area contributed by atoms with Crippen molar-refractivity contribution in [3.63, 3.8) is 0 Å². The molecule has 18 heavy (non-hydrogen) atoms. The molecular weight excluding hydrogens is 238 g/mol. The van der Waals surface area contributed by atoms with Gasteiger partial charge in [-0.2, -0.15) is 0 Å². The van der Waals surface area contributed by atoms with Crippen LogP contribution in [-0.4, -0.2) is 24.8 Å². The van der Waals surface area contributed by atoms with Crippen LogP contribution in [-0.2, 0) is 20.8 Å². The van der Waals surface area contributed by atoms with Crippen LogP contribution < -0.4 is 15.5 Å². The summed E-state index contributed by atoms with van der Waals surface area (Å²) in [5.74, 6) is -1.80. The van der Waals surface area contributed by atoms with Crippen molar-refractivity contribution in [1.82, 2.24) is 0 Å². The van der Waals surface area contributed by atoms with Crippen molar-refractivity contribution < 1.29 is 24.6 Å². The number of amides is 1. The summed E-state index contributed by atoms with van der Waals surface area (Å²) in [6.07, 6.45) is -1.88. The number of aliphatic carboxylic acids is 1. The van der Waals surface area contributed by atoms with Gasteiger partial charge in [-0.25, -0.2) is 0 Å². The number of anilines is 1. The molecule has 1 aromatic rings. The summed E-state index contributed by atoms with van der Waals surface area (Å²) >= 11 is 0. The highest BCUT2D eigenvalue weighted by atomic mass is 16.4. The highest BCUT2D eigenvalue weighted by Gasteiger charge is 1.99. The number of carbonyl (C=O) groups is 3. The molecular formula is C12H13NO5-2. The molecule has 1 N–H and O–H groups in total. The van der Waals surface area contributed by atoms with E-state index in [0.717, 1.165) is 0 Å². The van der Waals surface area contributed by atoms with Crippen molar-refractivity contribution in [2.45, 2.75) is 19.4 Å². The van der Waals surface area contributed by atoms with E-state index >= 15 is 0 Å². The van der Waals surface area contributed by atoms with Gasteiger partial charge in [0.15, 0.2) is 0 Å². The summed E-state index contributed by atoms with van der Waals surface area (Å²) < 4.78 is 0. The summed E-state index contributed by atoms with van der Waals surface area (Å²) in [7, 11) is 0. The first kappa shape index (κ1) is 15.8. The average Bonchev–Trinajstić information content (AvgIpc) is 2.33. The summed E-state index contributed by atoms with van der Waals surface area (Å²) in [6.45, 7) is 3.39. The molecule has 0 bridgehead atoms. The molecule has 0 aromatic heterocycles. The van der Waals surface area contributed by atoms with E-state index in [0.29, 0.717) is 11.3 Å². The molecule has 0 spiro atoms. The molecule has 0 heterocycles. The van der Waals surface area contributed by atoms with Gasteiger partial charge in [-0.15, -0.1) is 0 Å². The predicted molar refractivity (Wildman–Crippen MR) is 60.4 cm³/mol. The molecule has 0 aliphatic rings. The maximum atomic E-state index is 10.9. The van der Waals surface area contributed by atoms with Gasteiger partial charge in [-0.3, -0.25) is 4.79 Å². The molecule has 1 atom stereocenters. The lowest BCUT2D eigenvalue weighted by Crippen LogP contribution is -2.45. The van der Waals surface area contributed by atoms with Crippen molar-refractivity contribution >= 4 is 24.4 Å². The Morgan fingerprint density at radius 1 is 1.28 bits per heavy atom. The van der Waals surface area contributed by atoms with Crippen LogP contribution in [0.1, 0.15) is 12.5 Å². The number of hydrogen-bond acceptors (Lipinski definition) is 5. The molecule has 0 aliphatic heterocycles. The largest absolute Gasteiger partial charge is 0.847 e. The molecule has 1 aromatic carbocycles. The van der Waals surface area contributed by atoms with Crippen molar-refractivity contribution in [1.29, 1.82) is 0 Å². The zero-order chi connectivity index (χ0) is 14.1. The van der Waals surface area contributed by atoms with Crippen LogP contribution in [0.4, 0.5) is 5.69 Å². The summed E-state index contributed by atoms with van der Waals surface area (Å²) in [6, 6.07) is 6.41. The fourth-order valence-corrected chi connectivity index (χ4v) is 1.22. The molecule has 98 valence electrons. The summed E-state index contributed by atoms with van der Waals surface area (Å²) in [5, 5.41) is 23.7. The van der Waals surface area contributed by atoms with Crippen molar-refractivity contribution in [2.75, 3.05) is 5.32 Å². The molecule has 0 fully saturated rings. The molecule has 6 nitrogen and oxygen atoms in total. The lowest BCUT2D eigenvalue weighted by Gasteiger charge is -2.22. The van der Waals surface area contributed by atoms with E-state index in [1.165, 1.54) is 6.92 Å². The third-order valence-corrected chi connectivity index (χ3v) is 1.96. The number of rotatable bonds is 4. The normalized spacial score (nSPS) is 10.8. The van der Waals surface area contributed by atoms with Crippen LogP contribution in [0.25, 0.3) is 0 Å². The topological polar surface area (TPSA) is 109 Å². The number of nitrogens with one attached hydrogen (secondary N) is 1. The van der Waals surface area contributed by atoms with E-state index in [1.54, 1.807) is 24.3 Å². The van der Waals surface area contributed by atoms with E-state index in [9.17, 15) is 19.8 Å². The van der Waals surface area contributed by atoms with Gasteiger partial charge in [0.2, 0.25) is 5.91 Å². The van der Waals surface area contributed by atoms with Crippen molar-refractivity contribution in [3.8, 4) is 0 Å². The Hall–Kier alpha value is -2.21. The molecule has 1 unspecified atom stereocenters. The number of hydrogen-bond donors (Lipinski definition) is 1. The van der Waals surface area contributed by atoms with Crippen LogP contribution in [0.2, 0.25) is 0 Å². The van der Waals surface area contributed by atoms with Gasteiger partial charge in [0.25, 0.3) is 0 Å². The van der Waals surface area contributed by atoms with Crippen LogP contribution in [0.5, 0.6) is 0 Å². The van der Waals surface area contributed by atoms with Crippen LogP contribution >= 0.6 is 0 Å². The number of carbonyl (C=O) groups excluding carboxylic acids is 3. The second-order valence-electron chi connectivity index (χ2n) is 3.39. The Morgan fingerprint density at radius 2 is 1.78 bits per heavy atom. The van der Waals surface area contributed by atoms with Gasteiger partial charge in [-0.05, 0) is 24.1 Å². The quantitative estimate of drug-likeness (QED) is 0.699. The summed E-state index contributed by atoms with van der Waals surface area (Å²) in [4.78, 5) is 29.0. The Kier molecular flexibility index (Phi) is 6.99. The van der Waals surface area contributed by atoms with Gasteiger partial charge in [0.05, 0.1) is 0 Å². The van der Waals surface area contributed by atoms with E-state index in [4.69, 9.17) is 4.79 Å². The third-order valence-electron chi connectivity index (χ3n) is 1.96. The smallest absolute Gasteiger partial charge is 0.221 e. The van der Waals surface area contributed by atoms with Gasteiger partial charge in [0, 0.05) is 18.6 Å². The van der Waals surface area contributed by atoms with Gasteiger partial charge < -0.3 is 25.1 Å². The minimum atomic E-state index is -1.76. The SMILES string of the molecule is C=O.CC(=O)Nc1ccc(CC([O-])C(=O)[O-])cc1. The molecule has 1 amide bonds. The molecule has 0 saturated carbocycles. The van der Waals surface area contributed by atoms with Crippen LogP contribution in [0, 0.1) is 0 Å². The van der Waals surface area contributed by atoms with Gasteiger partial charge in [0.1, 0.15) is 6.79 Å². The molecule has 6 heteroatoms. The molecule has 0 saturated heterocycles. The first-order valence-corrected chi connectivity index (χ1v) is 5.01. The van der Waals surface area contributed by atoms with Gasteiger partial charge >= 0.3 is 0 Å². The van der Waals surface area contributed by atoms with E-state index in [-0.39, 0.29) is 12.3 Å². The Balaban J connectivity index is 0.00000137. The van der Waals surface area contributed by atoms with E-state index in [1.807, 2.05) is 6.79 Å². The first-order chi connectivity index (χ1) is 8.49. The number of carboxylic acids is 1. The number of carboxylic acid groups (broad SMARTS) is 1. The zero-order valence-corrected chi connectivity index (χ0v) is 9.84. The maximum Gasteiger partial charge on any atom is 0.221 e. The highest BCUT2D eigenvalue weighted by molar-refractivity contribution is 5.88. The van der Waals surface area contributed by atoms with Crippen LogP contribution in [0.15, 0.2) is 24.3 Å². The Morgan fingerprint density at radius 3 is 2.17 bits per heavy atom. The zero-order valence-electron chi connectivity index (χ0n) is 9.84. The lowest BCUT2D eigenvalue weighted by molar-refractivity contribution is -0.437. The average molecular weight is 251 g/mol. The monoisotopic (exact) mass is 251 g/mol. The fraction of sp³-hybridized carbons (Fsp3) is 0.250. The maximum absolute atomic E-state index is 10.9. The molecule has 1 rings (SSSR count). The van der Waals surface area contributed by atoms with Crippen LogP contribution in [0.3, 0.4) is 0 Å². The first-order valence-electron chi connectivity index (χ1n) is 5.01. The second-order valence-corrected chi connectivity index (χ2v) is 3.39. The minimum Gasteiger partial charge on any atom is -0.847 e. The molecule has 0 aliphatic carbocycles. The lowest BCUT2D eigenvalue weighted by atomic mass is 10.1. The van der Waals surface area contributed by atoms with Crippen molar-refractivity contribution in [3.05, 3.63) is 29.8 Å². The van der Waals surface area contributed by atoms with E-state index < -0.39 is 12.1 Å². The Bertz CT molecular complexity index is 401. The standard InChI is InChI=1S/C11H12NO4.CH2O/c1-7(13)12-9-4-2-8(3-5-9)6-10(14)11(15)16;1-2/h2-5,10H,6H2,1H3,(H,12,13)(H,15,16);1H2/q-1;/p-1. The minimum absolute atomic E-state index is 0.122. The number of benzene rings is 1. The highest BCUT2D eigenvalue weighted by Crippen LogP contribution is 2.10. The second kappa shape index (κ2) is 7.97. The third kappa shape index (κ3) is 5.76. The van der Waals surface area contributed by atoms with Crippen molar-refractivity contribution in [2.24, 2.45) is 0 Å². The predicted octanol–water partition coefficient (Wildman–Crippen LogP) is -1.52. The fourth-order valence-electron chi connectivity index (χ4n) is 1.22. The van der Waals surface area contributed by atoms with E-state index in [2.05, 4.69) is 5.32 Å². The van der Waals surface area contributed by atoms with Gasteiger partial charge in [-0.1, -0.05) is 18.2 Å².